The number of benzene rings is 1. The zero-order valence-corrected chi connectivity index (χ0v) is 16.1. The molecule has 2 unspecified atom stereocenters. The van der Waals surface area contributed by atoms with Gasteiger partial charge >= 0.3 is 6.18 Å². The minimum absolute atomic E-state index is 0.0341. The van der Waals surface area contributed by atoms with Gasteiger partial charge in [0.2, 0.25) is 0 Å². The molecule has 2 atom stereocenters. The molecule has 27 heavy (non-hydrogen) atoms. The summed E-state index contributed by atoms with van der Waals surface area (Å²) in [6.45, 7) is 3.99. The number of nitrogens with zero attached hydrogens (tertiary/aromatic N) is 2. The maximum Gasteiger partial charge on any atom is 0.414 e. The average molecular weight is 406 g/mol. The summed E-state index contributed by atoms with van der Waals surface area (Å²) in [4.78, 5) is 4.70. The van der Waals surface area contributed by atoms with Crippen molar-refractivity contribution >= 4 is 15.5 Å². The number of piperazine rings is 1. The Hall–Kier alpha value is -1.32. The van der Waals surface area contributed by atoms with Gasteiger partial charge in [0.05, 0.1) is 11.5 Å². The van der Waals surface area contributed by atoms with Crippen molar-refractivity contribution < 1.29 is 26.3 Å². The molecule has 1 aromatic carbocycles. The second-order valence-corrected chi connectivity index (χ2v) is 9.38. The van der Waals surface area contributed by atoms with Crippen LogP contribution in [0, 0.1) is 5.92 Å². The van der Waals surface area contributed by atoms with Crippen LogP contribution in [0.25, 0.3) is 0 Å². The van der Waals surface area contributed by atoms with Gasteiger partial charge in [0.15, 0.2) is 15.9 Å². The van der Waals surface area contributed by atoms with E-state index in [-0.39, 0.29) is 18.9 Å². The maximum absolute atomic E-state index is 12.7. The van der Waals surface area contributed by atoms with Gasteiger partial charge in [0, 0.05) is 44.7 Å². The summed E-state index contributed by atoms with van der Waals surface area (Å²) >= 11 is 0. The lowest BCUT2D eigenvalue weighted by molar-refractivity contribution is -0.236. The summed E-state index contributed by atoms with van der Waals surface area (Å²) in [5.74, 6) is 0.128. The van der Waals surface area contributed by atoms with E-state index in [2.05, 4.69) is 9.80 Å². The van der Waals surface area contributed by atoms with E-state index in [0.717, 1.165) is 38.4 Å². The number of hydrogen-bond donors (Lipinski definition) is 0. The van der Waals surface area contributed by atoms with Crippen LogP contribution in [-0.2, 0) is 14.6 Å². The standard InChI is InChI=1S/C18H25F3N2O3S/c1-27(24,25)16-4-2-3-15(11-16)23-9-7-22(8-10-23)12-14-5-6-17(26-13-14)18(19,20)21/h2-4,11,14,17H,5-10,12-13H2,1H3. The van der Waals surface area contributed by atoms with E-state index in [4.69, 9.17) is 4.74 Å². The first-order valence-electron chi connectivity index (χ1n) is 9.08. The van der Waals surface area contributed by atoms with E-state index in [1.165, 1.54) is 6.26 Å². The summed E-state index contributed by atoms with van der Waals surface area (Å²) in [6.07, 6.45) is -4.13. The highest BCUT2D eigenvalue weighted by Gasteiger charge is 2.43. The molecule has 0 N–H and O–H groups in total. The van der Waals surface area contributed by atoms with Gasteiger partial charge in [-0.2, -0.15) is 13.2 Å². The predicted molar refractivity (Wildman–Crippen MR) is 96.7 cm³/mol. The summed E-state index contributed by atoms with van der Waals surface area (Å²) < 4.78 is 66.4. The van der Waals surface area contributed by atoms with E-state index in [9.17, 15) is 21.6 Å². The Morgan fingerprint density at radius 3 is 2.41 bits per heavy atom. The molecule has 9 heteroatoms. The highest BCUT2D eigenvalue weighted by molar-refractivity contribution is 7.90. The Balaban J connectivity index is 1.49. The molecule has 0 amide bonds. The molecule has 0 aliphatic carbocycles. The molecule has 2 aliphatic rings. The predicted octanol–water partition coefficient (Wildman–Crippen LogP) is 2.57. The smallest absolute Gasteiger partial charge is 0.369 e. The van der Waals surface area contributed by atoms with Crippen LogP contribution in [0.4, 0.5) is 18.9 Å². The molecule has 1 aromatic rings. The lowest BCUT2D eigenvalue weighted by atomic mass is 9.97. The third-order valence-corrected chi connectivity index (χ3v) is 6.35. The fraction of sp³-hybridized carbons (Fsp3) is 0.667. The zero-order valence-electron chi connectivity index (χ0n) is 15.3. The molecule has 152 valence electrons. The zero-order chi connectivity index (χ0) is 19.7. The van der Waals surface area contributed by atoms with Gasteiger partial charge < -0.3 is 9.64 Å². The molecule has 2 heterocycles. The van der Waals surface area contributed by atoms with Crippen LogP contribution in [0.3, 0.4) is 0 Å². The summed E-state index contributed by atoms with van der Waals surface area (Å²) in [6, 6.07) is 6.93. The van der Waals surface area contributed by atoms with E-state index in [1.54, 1.807) is 18.2 Å². The maximum atomic E-state index is 12.7. The third kappa shape index (κ3) is 5.36. The minimum atomic E-state index is -4.27. The van der Waals surface area contributed by atoms with Crippen molar-refractivity contribution in [2.45, 2.75) is 30.0 Å². The van der Waals surface area contributed by atoms with Crippen LogP contribution < -0.4 is 4.90 Å². The Morgan fingerprint density at radius 1 is 1.15 bits per heavy atom. The molecule has 0 saturated carbocycles. The molecule has 3 rings (SSSR count). The van der Waals surface area contributed by atoms with Crippen molar-refractivity contribution in [3.05, 3.63) is 24.3 Å². The van der Waals surface area contributed by atoms with Crippen LogP contribution in [-0.4, -0.2) is 71.2 Å². The molecular formula is C18H25F3N2O3S. The van der Waals surface area contributed by atoms with Crippen LogP contribution in [0.1, 0.15) is 12.8 Å². The Kier molecular flexibility index (Phi) is 6.02. The molecule has 2 fully saturated rings. The van der Waals surface area contributed by atoms with Gasteiger partial charge in [-0.1, -0.05) is 6.07 Å². The highest BCUT2D eigenvalue weighted by Crippen LogP contribution is 2.32. The third-order valence-electron chi connectivity index (χ3n) is 5.23. The van der Waals surface area contributed by atoms with Crippen molar-refractivity contribution in [3.63, 3.8) is 0 Å². The van der Waals surface area contributed by atoms with E-state index in [1.807, 2.05) is 6.07 Å². The van der Waals surface area contributed by atoms with Gasteiger partial charge in [-0.3, -0.25) is 4.90 Å². The normalized spacial score (nSPS) is 25.6. The van der Waals surface area contributed by atoms with Gasteiger partial charge in [0.25, 0.3) is 0 Å². The van der Waals surface area contributed by atoms with Crippen molar-refractivity contribution in [2.24, 2.45) is 5.92 Å². The lowest BCUT2D eigenvalue weighted by Crippen LogP contribution is -2.49. The second-order valence-electron chi connectivity index (χ2n) is 7.36. The number of sulfone groups is 1. The highest BCUT2D eigenvalue weighted by atomic mass is 32.2. The fourth-order valence-electron chi connectivity index (χ4n) is 3.67. The number of anilines is 1. The summed E-state index contributed by atoms with van der Waals surface area (Å²) in [5, 5.41) is 0. The van der Waals surface area contributed by atoms with Crippen LogP contribution in [0.5, 0.6) is 0 Å². The van der Waals surface area contributed by atoms with Crippen molar-refractivity contribution in [3.8, 4) is 0 Å². The lowest BCUT2D eigenvalue weighted by Gasteiger charge is -2.39. The summed E-state index contributed by atoms with van der Waals surface area (Å²) in [7, 11) is -3.24. The van der Waals surface area contributed by atoms with Crippen LogP contribution in [0.15, 0.2) is 29.2 Å². The topological polar surface area (TPSA) is 49.9 Å². The molecule has 0 radical (unpaired) electrons. The van der Waals surface area contributed by atoms with E-state index < -0.39 is 22.1 Å². The van der Waals surface area contributed by atoms with Gasteiger partial charge in [-0.15, -0.1) is 0 Å². The fourth-order valence-corrected chi connectivity index (χ4v) is 4.33. The molecule has 0 bridgehead atoms. The number of hydrogen-bond acceptors (Lipinski definition) is 5. The molecule has 2 aliphatic heterocycles. The monoisotopic (exact) mass is 406 g/mol. The van der Waals surface area contributed by atoms with Crippen molar-refractivity contribution in [2.75, 3.05) is 50.5 Å². The first kappa shape index (κ1) is 20.4. The SMILES string of the molecule is CS(=O)(=O)c1cccc(N2CCN(CC3CCC(C(F)(F)F)OC3)CC2)c1. The quantitative estimate of drug-likeness (QED) is 0.769. The Labute approximate surface area is 158 Å². The Morgan fingerprint density at radius 2 is 1.85 bits per heavy atom. The van der Waals surface area contributed by atoms with E-state index >= 15 is 0 Å². The van der Waals surface area contributed by atoms with Gasteiger partial charge in [0.1, 0.15) is 0 Å². The average Bonchev–Trinajstić information content (AvgIpc) is 2.61. The number of halogens is 3. The van der Waals surface area contributed by atoms with Gasteiger partial charge in [-0.25, -0.2) is 8.42 Å². The first-order valence-corrected chi connectivity index (χ1v) is 11.0. The second kappa shape index (κ2) is 7.97. The van der Waals surface area contributed by atoms with Gasteiger partial charge in [-0.05, 0) is 37.0 Å². The summed E-state index contributed by atoms with van der Waals surface area (Å²) in [5.41, 5.74) is 0.881. The van der Waals surface area contributed by atoms with Crippen molar-refractivity contribution in [1.82, 2.24) is 4.90 Å². The van der Waals surface area contributed by atoms with Crippen molar-refractivity contribution in [1.29, 1.82) is 0 Å². The Bertz CT molecular complexity index is 738. The molecule has 5 nitrogen and oxygen atoms in total. The largest absolute Gasteiger partial charge is 0.414 e. The van der Waals surface area contributed by atoms with Crippen LogP contribution in [0.2, 0.25) is 0 Å². The molecule has 2 saturated heterocycles. The minimum Gasteiger partial charge on any atom is -0.369 e. The van der Waals surface area contributed by atoms with Crippen LogP contribution >= 0.6 is 0 Å². The number of alkyl halides is 3. The molecule has 0 spiro atoms. The molecule has 0 aromatic heterocycles. The number of rotatable bonds is 4. The number of ether oxygens (including phenoxy) is 1. The van der Waals surface area contributed by atoms with E-state index in [0.29, 0.717) is 11.3 Å². The first-order chi connectivity index (χ1) is 12.6. The molecular weight excluding hydrogens is 381 g/mol.